The molecule has 3 nitrogen and oxygen atoms in total. The molecule has 0 bridgehead atoms. The number of benzene rings is 2. The fourth-order valence-corrected chi connectivity index (χ4v) is 4.63. The summed E-state index contributed by atoms with van der Waals surface area (Å²) in [6, 6.07) is 9.63. The van der Waals surface area contributed by atoms with Gasteiger partial charge < -0.3 is 4.74 Å². The minimum absolute atomic E-state index is 0.000675. The molecule has 1 saturated heterocycles. The molecule has 1 aliphatic rings. The van der Waals surface area contributed by atoms with Crippen molar-refractivity contribution in [3.05, 3.63) is 68.3 Å². The Labute approximate surface area is 188 Å². The molecule has 1 heterocycles. The van der Waals surface area contributed by atoms with Crippen LogP contribution in [0.5, 0.6) is 5.75 Å². The summed E-state index contributed by atoms with van der Waals surface area (Å²) in [7, 11) is 0. The van der Waals surface area contributed by atoms with Gasteiger partial charge in [-0.15, -0.1) is 0 Å². The van der Waals surface area contributed by atoms with Crippen molar-refractivity contribution in [2.45, 2.75) is 20.5 Å². The van der Waals surface area contributed by atoms with Gasteiger partial charge in [-0.3, -0.25) is 9.69 Å². The molecule has 0 aromatic heterocycles. The van der Waals surface area contributed by atoms with Gasteiger partial charge in [0.15, 0.2) is 5.75 Å². The van der Waals surface area contributed by atoms with E-state index in [1.165, 1.54) is 17.8 Å². The Morgan fingerprint density at radius 2 is 1.90 bits per heavy atom. The summed E-state index contributed by atoms with van der Waals surface area (Å²) in [5, 5.41) is 0.551. The number of nitrogens with zero attached hydrogens (tertiary/aromatic N) is 1. The molecule has 0 saturated carbocycles. The van der Waals surface area contributed by atoms with E-state index in [2.05, 4.69) is 0 Å². The summed E-state index contributed by atoms with van der Waals surface area (Å²) < 4.78 is 19.9. The van der Waals surface area contributed by atoms with Crippen LogP contribution >= 0.6 is 47.2 Å². The Morgan fingerprint density at radius 3 is 2.52 bits per heavy atom. The predicted molar refractivity (Wildman–Crippen MR) is 122 cm³/mol. The van der Waals surface area contributed by atoms with E-state index in [9.17, 15) is 9.18 Å². The summed E-state index contributed by atoms with van der Waals surface area (Å²) in [6.07, 6.45) is 1.71. The highest BCUT2D eigenvalue weighted by atomic mass is 35.5. The summed E-state index contributed by atoms with van der Waals surface area (Å²) in [5.41, 5.74) is 1.06. The molecule has 0 aliphatic carbocycles. The van der Waals surface area contributed by atoms with Crippen LogP contribution in [-0.2, 0) is 11.4 Å². The molecule has 2 aromatic carbocycles. The van der Waals surface area contributed by atoms with Crippen molar-refractivity contribution < 1.29 is 13.9 Å². The first-order valence-electron chi connectivity index (χ1n) is 8.87. The molecule has 3 rings (SSSR count). The third kappa shape index (κ3) is 5.31. The Kier molecular flexibility index (Phi) is 7.22. The van der Waals surface area contributed by atoms with Crippen molar-refractivity contribution in [3.63, 3.8) is 0 Å². The molecule has 0 N–H and O–H groups in total. The average Bonchev–Trinajstić information content (AvgIpc) is 2.89. The molecule has 2 aromatic rings. The number of hydrogen-bond donors (Lipinski definition) is 0. The van der Waals surface area contributed by atoms with Crippen LogP contribution in [0.25, 0.3) is 6.08 Å². The SMILES string of the molecule is CC(C)CN1C(=O)/C(=C/c2cc(Cl)c(OCc3ccccc3F)c(Cl)c2)SC1=S. The first-order valence-corrected chi connectivity index (χ1v) is 10.8. The number of halogens is 3. The van der Waals surface area contributed by atoms with Crippen molar-refractivity contribution in [1.82, 2.24) is 4.90 Å². The largest absolute Gasteiger partial charge is 0.486 e. The van der Waals surface area contributed by atoms with E-state index >= 15 is 0 Å². The fraction of sp³-hybridized carbons (Fsp3) is 0.238. The van der Waals surface area contributed by atoms with Crippen molar-refractivity contribution in [1.29, 1.82) is 0 Å². The second kappa shape index (κ2) is 9.47. The Morgan fingerprint density at radius 1 is 1.24 bits per heavy atom. The first-order chi connectivity index (χ1) is 13.8. The van der Waals surface area contributed by atoms with E-state index in [0.29, 0.717) is 32.8 Å². The minimum Gasteiger partial charge on any atom is -0.486 e. The van der Waals surface area contributed by atoms with E-state index < -0.39 is 0 Å². The van der Waals surface area contributed by atoms with E-state index in [4.69, 9.17) is 40.2 Å². The van der Waals surface area contributed by atoms with Gasteiger partial charge in [0.25, 0.3) is 5.91 Å². The summed E-state index contributed by atoms with van der Waals surface area (Å²) in [5.74, 6) is 0.0910. The van der Waals surface area contributed by atoms with Gasteiger partial charge in [-0.1, -0.05) is 79.2 Å². The van der Waals surface area contributed by atoms with Crippen LogP contribution < -0.4 is 4.74 Å². The van der Waals surface area contributed by atoms with Crippen molar-refractivity contribution in [2.24, 2.45) is 5.92 Å². The van der Waals surface area contributed by atoms with Crippen LogP contribution in [0.1, 0.15) is 25.0 Å². The normalized spacial score (nSPS) is 15.7. The Hall–Kier alpha value is -1.60. The number of thioether (sulfide) groups is 1. The van der Waals surface area contributed by atoms with E-state index in [-0.39, 0.29) is 34.1 Å². The number of amides is 1. The van der Waals surface area contributed by atoms with Gasteiger partial charge in [0, 0.05) is 12.1 Å². The van der Waals surface area contributed by atoms with Crippen LogP contribution in [-0.4, -0.2) is 21.7 Å². The van der Waals surface area contributed by atoms with Crippen molar-refractivity contribution >= 4 is 63.5 Å². The molecule has 8 heteroatoms. The molecule has 29 heavy (non-hydrogen) atoms. The molecule has 0 spiro atoms. The molecule has 152 valence electrons. The predicted octanol–water partition coefficient (Wildman–Crippen LogP) is 6.57. The maximum absolute atomic E-state index is 13.8. The summed E-state index contributed by atoms with van der Waals surface area (Å²) >= 11 is 19.2. The number of carbonyl (C=O) groups excluding carboxylic acids is 1. The fourth-order valence-electron chi connectivity index (χ4n) is 2.74. The standard InChI is InChI=1S/C21H18Cl2FNO2S2/c1-12(2)10-25-20(26)18(29-21(25)28)9-13-7-15(22)19(16(23)8-13)27-11-14-5-3-4-6-17(14)24/h3-9,12H,10-11H2,1-2H3/b18-9-. The number of thiocarbonyl (C=S) groups is 1. The van der Waals surface area contributed by atoms with Gasteiger partial charge in [0.05, 0.1) is 15.0 Å². The quantitative estimate of drug-likeness (QED) is 0.353. The second-order valence-electron chi connectivity index (χ2n) is 6.88. The molecular formula is C21H18Cl2FNO2S2. The monoisotopic (exact) mass is 469 g/mol. The lowest BCUT2D eigenvalue weighted by atomic mass is 10.2. The zero-order valence-corrected chi connectivity index (χ0v) is 18.9. The molecular weight excluding hydrogens is 452 g/mol. The number of rotatable bonds is 6. The molecule has 0 unspecified atom stereocenters. The zero-order valence-electron chi connectivity index (χ0n) is 15.7. The first kappa shape index (κ1) is 22.1. The van der Waals surface area contributed by atoms with Gasteiger partial charge in [-0.25, -0.2) is 4.39 Å². The van der Waals surface area contributed by atoms with E-state index in [1.807, 2.05) is 13.8 Å². The lowest BCUT2D eigenvalue weighted by Gasteiger charge is -2.16. The zero-order chi connectivity index (χ0) is 21.1. The van der Waals surface area contributed by atoms with Gasteiger partial charge in [-0.05, 0) is 35.8 Å². The van der Waals surface area contributed by atoms with Crippen molar-refractivity contribution in [2.75, 3.05) is 6.54 Å². The van der Waals surface area contributed by atoms with E-state index in [1.54, 1.807) is 41.3 Å². The van der Waals surface area contributed by atoms with Crippen LogP contribution in [0, 0.1) is 11.7 Å². The second-order valence-corrected chi connectivity index (χ2v) is 9.37. The molecule has 0 radical (unpaired) electrons. The maximum atomic E-state index is 13.8. The lowest BCUT2D eigenvalue weighted by molar-refractivity contribution is -0.122. The highest BCUT2D eigenvalue weighted by Crippen LogP contribution is 2.38. The molecule has 1 fully saturated rings. The number of carbonyl (C=O) groups is 1. The highest BCUT2D eigenvalue weighted by Gasteiger charge is 2.32. The smallest absolute Gasteiger partial charge is 0.266 e. The third-order valence-corrected chi connectivity index (χ3v) is 6.01. The molecule has 1 amide bonds. The van der Waals surface area contributed by atoms with Gasteiger partial charge in [-0.2, -0.15) is 0 Å². The highest BCUT2D eigenvalue weighted by molar-refractivity contribution is 8.26. The Balaban J connectivity index is 1.79. The van der Waals surface area contributed by atoms with E-state index in [0.717, 1.165) is 0 Å². The topological polar surface area (TPSA) is 29.5 Å². The average molecular weight is 470 g/mol. The van der Waals surface area contributed by atoms with Gasteiger partial charge in [0.1, 0.15) is 16.7 Å². The van der Waals surface area contributed by atoms with Gasteiger partial charge >= 0.3 is 0 Å². The Bertz CT molecular complexity index is 971. The number of ether oxygens (including phenoxy) is 1. The third-order valence-electron chi connectivity index (χ3n) is 4.07. The summed E-state index contributed by atoms with van der Waals surface area (Å²) in [6.45, 7) is 4.63. The molecule has 0 atom stereocenters. The molecule has 1 aliphatic heterocycles. The summed E-state index contributed by atoms with van der Waals surface area (Å²) in [4.78, 5) is 14.7. The van der Waals surface area contributed by atoms with Gasteiger partial charge in [0.2, 0.25) is 0 Å². The lowest BCUT2D eigenvalue weighted by Crippen LogP contribution is -2.31. The maximum Gasteiger partial charge on any atom is 0.266 e. The van der Waals surface area contributed by atoms with Crippen LogP contribution in [0.15, 0.2) is 41.3 Å². The van der Waals surface area contributed by atoms with Crippen LogP contribution in [0.3, 0.4) is 0 Å². The number of hydrogen-bond acceptors (Lipinski definition) is 4. The van der Waals surface area contributed by atoms with Crippen LogP contribution in [0.4, 0.5) is 4.39 Å². The van der Waals surface area contributed by atoms with Crippen LogP contribution in [0.2, 0.25) is 10.0 Å². The minimum atomic E-state index is -0.361. The van der Waals surface area contributed by atoms with Crippen molar-refractivity contribution in [3.8, 4) is 5.75 Å².